The summed E-state index contributed by atoms with van der Waals surface area (Å²) in [4.78, 5) is 13.4. The van der Waals surface area contributed by atoms with Gasteiger partial charge in [-0.1, -0.05) is 48.0 Å². The summed E-state index contributed by atoms with van der Waals surface area (Å²) in [7, 11) is -1.81. The zero-order valence-corrected chi connectivity index (χ0v) is 20.5. The quantitative estimate of drug-likeness (QED) is 0.351. The predicted molar refractivity (Wildman–Crippen MR) is 136 cm³/mol. The topological polar surface area (TPSA) is 90.3 Å². The highest BCUT2D eigenvalue weighted by molar-refractivity contribution is 7.91. The fourth-order valence-corrected chi connectivity index (χ4v) is 4.99. The van der Waals surface area contributed by atoms with E-state index in [9.17, 15) is 13.2 Å². The van der Waals surface area contributed by atoms with Crippen molar-refractivity contribution in [2.45, 2.75) is 18.2 Å². The van der Waals surface area contributed by atoms with Crippen LogP contribution in [0.3, 0.4) is 0 Å². The summed E-state index contributed by atoms with van der Waals surface area (Å²) < 4.78 is 32.0. The van der Waals surface area contributed by atoms with E-state index in [0.717, 1.165) is 16.8 Å². The zero-order valence-electron chi connectivity index (χ0n) is 19.6. The summed E-state index contributed by atoms with van der Waals surface area (Å²) in [5.41, 5.74) is 3.60. The first-order valence-corrected chi connectivity index (χ1v) is 12.9. The lowest BCUT2D eigenvalue weighted by Gasteiger charge is -2.07. The number of benzene rings is 3. The Morgan fingerprint density at radius 2 is 1.74 bits per heavy atom. The highest BCUT2D eigenvalue weighted by Gasteiger charge is 2.20. The highest BCUT2D eigenvalue weighted by atomic mass is 32.2. The van der Waals surface area contributed by atoms with Crippen molar-refractivity contribution < 1.29 is 17.9 Å². The number of methoxy groups -OCH3 is 1. The number of hydrogen-bond donors (Lipinski definition) is 1. The Kier molecular flexibility index (Phi) is 7.31. The van der Waals surface area contributed by atoms with E-state index < -0.39 is 9.84 Å². The first kappa shape index (κ1) is 24.2. The minimum Gasteiger partial charge on any atom is -0.497 e. The molecule has 1 N–H and O–H groups in total. The van der Waals surface area contributed by atoms with Crippen molar-refractivity contribution in [1.29, 1.82) is 0 Å². The number of nitrogens with zero attached hydrogens (tertiary/aromatic N) is 2. The van der Waals surface area contributed by atoms with Gasteiger partial charge in [0, 0.05) is 18.3 Å². The minimum absolute atomic E-state index is 0.0529. The van der Waals surface area contributed by atoms with Crippen molar-refractivity contribution in [3.8, 4) is 22.7 Å². The molecule has 1 heterocycles. The largest absolute Gasteiger partial charge is 0.497 e. The maximum Gasteiger partial charge on any atom is 0.255 e. The van der Waals surface area contributed by atoms with Crippen molar-refractivity contribution in [3.05, 3.63) is 96.2 Å². The van der Waals surface area contributed by atoms with Crippen LogP contribution >= 0.6 is 0 Å². The standard InChI is InChI=1S/C27H27N3O4S/c1-20-12-14-22(15-13-20)30-19-25(26(29-30)21-8-6-9-23(18-21)34-2)27(31)28-16-7-17-35(32,33)24-10-4-3-5-11-24/h3-6,8-15,18-19H,7,16-17H2,1-2H3,(H,28,31). The molecule has 180 valence electrons. The van der Waals surface area contributed by atoms with E-state index in [-0.39, 0.29) is 23.1 Å². The number of carbonyl (C=O) groups excluding carboxylic acids is 1. The van der Waals surface area contributed by atoms with Crippen molar-refractivity contribution in [2.24, 2.45) is 0 Å². The summed E-state index contributed by atoms with van der Waals surface area (Å²) in [5, 5.41) is 7.54. The first-order valence-electron chi connectivity index (χ1n) is 11.2. The Bertz CT molecular complexity index is 1410. The van der Waals surface area contributed by atoms with E-state index in [1.165, 1.54) is 0 Å². The molecule has 35 heavy (non-hydrogen) atoms. The van der Waals surface area contributed by atoms with Gasteiger partial charge in [0.15, 0.2) is 9.84 Å². The lowest BCUT2D eigenvalue weighted by atomic mass is 10.1. The SMILES string of the molecule is COc1cccc(-c2nn(-c3ccc(C)cc3)cc2C(=O)NCCCS(=O)(=O)c2ccccc2)c1. The number of carbonyl (C=O) groups is 1. The molecule has 0 fully saturated rings. The molecule has 4 aromatic rings. The summed E-state index contributed by atoms with van der Waals surface area (Å²) >= 11 is 0. The molecule has 0 bridgehead atoms. The van der Waals surface area contributed by atoms with E-state index >= 15 is 0 Å². The number of nitrogens with one attached hydrogen (secondary N) is 1. The van der Waals surface area contributed by atoms with E-state index in [1.807, 2.05) is 55.5 Å². The molecule has 0 aliphatic heterocycles. The Labute approximate surface area is 205 Å². The smallest absolute Gasteiger partial charge is 0.255 e. The number of sulfone groups is 1. The van der Waals surface area contributed by atoms with Crippen LogP contribution in [0.1, 0.15) is 22.3 Å². The molecule has 1 amide bonds. The molecule has 0 saturated heterocycles. The Morgan fingerprint density at radius 3 is 2.46 bits per heavy atom. The van der Waals surface area contributed by atoms with Crippen LogP contribution in [-0.4, -0.2) is 43.5 Å². The Balaban J connectivity index is 1.54. The summed E-state index contributed by atoms with van der Waals surface area (Å²) in [5.74, 6) is 0.283. The number of hydrogen-bond acceptors (Lipinski definition) is 5. The molecule has 0 aliphatic rings. The van der Waals surface area contributed by atoms with Gasteiger partial charge in [-0.15, -0.1) is 0 Å². The van der Waals surface area contributed by atoms with Crippen LogP contribution in [-0.2, 0) is 9.84 Å². The Hall–Kier alpha value is -3.91. The molecule has 8 heteroatoms. The van der Waals surface area contributed by atoms with E-state index in [2.05, 4.69) is 10.4 Å². The maximum atomic E-state index is 13.1. The first-order chi connectivity index (χ1) is 16.9. The lowest BCUT2D eigenvalue weighted by molar-refractivity contribution is 0.0954. The van der Waals surface area contributed by atoms with Crippen LogP contribution in [0.5, 0.6) is 5.75 Å². The molecule has 0 aliphatic carbocycles. The lowest BCUT2D eigenvalue weighted by Crippen LogP contribution is -2.26. The van der Waals surface area contributed by atoms with Crippen LogP contribution < -0.4 is 10.1 Å². The van der Waals surface area contributed by atoms with Crippen LogP contribution in [0.15, 0.2) is 90.0 Å². The van der Waals surface area contributed by atoms with Gasteiger partial charge < -0.3 is 10.1 Å². The van der Waals surface area contributed by atoms with Crippen molar-refractivity contribution in [2.75, 3.05) is 19.4 Å². The fraction of sp³-hybridized carbons (Fsp3) is 0.185. The molecule has 0 atom stereocenters. The second kappa shape index (κ2) is 10.6. The number of rotatable bonds is 9. The second-order valence-electron chi connectivity index (χ2n) is 8.14. The number of ether oxygens (including phenoxy) is 1. The molecule has 1 aromatic heterocycles. The monoisotopic (exact) mass is 489 g/mol. The van der Waals surface area contributed by atoms with Crippen molar-refractivity contribution in [1.82, 2.24) is 15.1 Å². The molecule has 0 spiro atoms. The van der Waals surface area contributed by atoms with Gasteiger partial charge in [-0.25, -0.2) is 13.1 Å². The molecule has 7 nitrogen and oxygen atoms in total. The third kappa shape index (κ3) is 5.78. The van der Waals surface area contributed by atoms with E-state index in [1.54, 1.807) is 48.3 Å². The third-order valence-corrected chi connectivity index (χ3v) is 7.39. The van der Waals surface area contributed by atoms with Gasteiger partial charge in [0.05, 0.1) is 29.0 Å². The van der Waals surface area contributed by atoms with Gasteiger partial charge in [0.25, 0.3) is 5.91 Å². The number of aromatic nitrogens is 2. The molecule has 0 saturated carbocycles. The van der Waals surface area contributed by atoms with Crippen LogP contribution in [0.25, 0.3) is 16.9 Å². The van der Waals surface area contributed by atoms with Gasteiger partial charge >= 0.3 is 0 Å². The van der Waals surface area contributed by atoms with Gasteiger partial charge in [-0.2, -0.15) is 5.10 Å². The average molecular weight is 490 g/mol. The summed E-state index contributed by atoms with van der Waals surface area (Å²) in [6.45, 7) is 2.23. The van der Waals surface area contributed by atoms with Crippen LogP contribution in [0.4, 0.5) is 0 Å². The van der Waals surface area contributed by atoms with E-state index in [4.69, 9.17) is 4.74 Å². The van der Waals surface area contributed by atoms with Crippen LogP contribution in [0, 0.1) is 6.92 Å². The average Bonchev–Trinajstić information content (AvgIpc) is 3.33. The van der Waals surface area contributed by atoms with Gasteiger partial charge in [-0.05, 0) is 49.7 Å². The molecule has 0 radical (unpaired) electrons. The van der Waals surface area contributed by atoms with Gasteiger partial charge in [-0.3, -0.25) is 4.79 Å². The second-order valence-corrected chi connectivity index (χ2v) is 10.3. The predicted octanol–water partition coefficient (Wildman–Crippen LogP) is 4.45. The zero-order chi connectivity index (χ0) is 24.8. The molecular formula is C27H27N3O4S. The Morgan fingerprint density at radius 1 is 1.00 bits per heavy atom. The minimum atomic E-state index is -3.40. The molecule has 4 rings (SSSR count). The third-order valence-electron chi connectivity index (χ3n) is 5.58. The van der Waals surface area contributed by atoms with Crippen molar-refractivity contribution >= 4 is 15.7 Å². The van der Waals surface area contributed by atoms with E-state index in [0.29, 0.717) is 23.4 Å². The maximum absolute atomic E-state index is 13.1. The fourth-order valence-electron chi connectivity index (χ4n) is 3.66. The number of aryl methyl sites for hydroxylation is 1. The van der Waals surface area contributed by atoms with Gasteiger partial charge in [0.2, 0.25) is 0 Å². The molecule has 0 unspecified atom stereocenters. The number of amides is 1. The van der Waals surface area contributed by atoms with Crippen LogP contribution in [0.2, 0.25) is 0 Å². The summed E-state index contributed by atoms with van der Waals surface area (Å²) in [6.07, 6.45) is 1.99. The molecule has 3 aromatic carbocycles. The molecular weight excluding hydrogens is 462 g/mol. The van der Waals surface area contributed by atoms with Crippen molar-refractivity contribution in [3.63, 3.8) is 0 Å². The highest BCUT2D eigenvalue weighted by Crippen LogP contribution is 2.27. The summed E-state index contributed by atoms with van der Waals surface area (Å²) in [6, 6.07) is 23.5. The normalized spacial score (nSPS) is 11.3. The van der Waals surface area contributed by atoms with Gasteiger partial charge in [0.1, 0.15) is 11.4 Å².